The average Bonchev–Trinajstić information content (AvgIpc) is 2.84. The van der Waals surface area contributed by atoms with Crippen LogP contribution in [-0.4, -0.2) is 17.6 Å². The van der Waals surface area contributed by atoms with Crippen molar-refractivity contribution in [3.63, 3.8) is 0 Å². The first-order valence-electron chi connectivity index (χ1n) is 7.07. The van der Waals surface area contributed by atoms with E-state index in [1.54, 1.807) is 0 Å². The lowest BCUT2D eigenvalue weighted by molar-refractivity contribution is 0.199. The molecule has 100 valence electrons. The van der Waals surface area contributed by atoms with Crippen LogP contribution in [0.3, 0.4) is 0 Å². The van der Waals surface area contributed by atoms with E-state index in [0.717, 1.165) is 19.0 Å². The van der Waals surface area contributed by atoms with Crippen molar-refractivity contribution in [3.8, 4) is 5.88 Å². The molecular weight excluding hydrogens is 224 g/mol. The van der Waals surface area contributed by atoms with Gasteiger partial charge in [0, 0.05) is 18.3 Å². The molecule has 1 saturated carbocycles. The van der Waals surface area contributed by atoms with Crippen molar-refractivity contribution < 1.29 is 4.74 Å². The molecule has 1 N–H and O–H groups in total. The van der Waals surface area contributed by atoms with Crippen LogP contribution in [0.25, 0.3) is 0 Å². The molecule has 0 atom stereocenters. The minimum atomic E-state index is 0.378. The Labute approximate surface area is 110 Å². The van der Waals surface area contributed by atoms with Gasteiger partial charge in [0.15, 0.2) is 0 Å². The first-order chi connectivity index (χ1) is 8.75. The Morgan fingerprint density at radius 3 is 2.89 bits per heavy atom. The monoisotopic (exact) mass is 248 g/mol. The highest BCUT2D eigenvalue weighted by Gasteiger charge is 2.18. The summed E-state index contributed by atoms with van der Waals surface area (Å²) in [6.45, 7) is 6.30. The molecule has 1 aliphatic rings. The molecule has 1 aromatic heterocycles. The fraction of sp³-hybridized carbons (Fsp3) is 0.667. The van der Waals surface area contributed by atoms with Crippen molar-refractivity contribution in [3.05, 3.63) is 23.9 Å². The minimum Gasteiger partial charge on any atom is -0.474 e. The molecule has 0 unspecified atom stereocenters. The summed E-state index contributed by atoms with van der Waals surface area (Å²) >= 11 is 0. The van der Waals surface area contributed by atoms with E-state index < -0.39 is 0 Å². The number of ether oxygens (including phenoxy) is 1. The van der Waals surface area contributed by atoms with Gasteiger partial charge in [-0.2, -0.15) is 0 Å². The second-order valence-electron chi connectivity index (χ2n) is 5.52. The first kappa shape index (κ1) is 13.3. The van der Waals surface area contributed by atoms with Gasteiger partial charge in [-0.15, -0.1) is 0 Å². The number of hydrogen-bond acceptors (Lipinski definition) is 3. The summed E-state index contributed by atoms with van der Waals surface area (Å²) in [5.41, 5.74) is 1.17. The van der Waals surface area contributed by atoms with Gasteiger partial charge in [0.05, 0.1) is 0 Å². The molecule has 1 heterocycles. The highest BCUT2D eigenvalue weighted by molar-refractivity contribution is 5.25. The largest absolute Gasteiger partial charge is 0.474 e. The summed E-state index contributed by atoms with van der Waals surface area (Å²) in [6, 6.07) is 4.08. The van der Waals surface area contributed by atoms with Crippen LogP contribution in [-0.2, 0) is 6.54 Å². The molecule has 0 spiro atoms. The van der Waals surface area contributed by atoms with Gasteiger partial charge in [0.1, 0.15) is 6.10 Å². The summed E-state index contributed by atoms with van der Waals surface area (Å²) in [5.74, 6) is 1.49. The van der Waals surface area contributed by atoms with Crippen LogP contribution >= 0.6 is 0 Å². The van der Waals surface area contributed by atoms with Gasteiger partial charge >= 0.3 is 0 Å². The van der Waals surface area contributed by atoms with Gasteiger partial charge in [-0.3, -0.25) is 0 Å². The second-order valence-corrected chi connectivity index (χ2v) is 5.52. The van der Waals surface area contributed by atoms with Crippen molar-refractivity contribution in [2.75, 3.05) is 6.54 Å². The van der Waals surface area contributed by atoms with Crippen LogP contribution in [0.15, 0.2) is 18.3 Å². The molecule has 1 aliphatic carbocycles. The maximum Gasteiger partial charge on any atom is 0.218 e. The highest BCUT2D eigenvalue weighted by Crippen LogP contribution is 2.24. The van der Waals surface area contributed by atoms with E-state index in [2.05, 4.69) is 30.2 Å². The molecule has 1 aromatic rings. The predicted octanol–water partition coefficient (Wildman–Crippen LogP) is 3.15. The standard InChI is InChI=1S/C15H24N2O/c1-12(2)10-16-11-13-6-5-9-17-15(13)18-14-7-3-4-8-14/h5-6,9,12,14,16H,3-4,7-8,10-11H2,1-2H3. The van der Waals surface area contributed by atoms with E-state index in [-0.39, 0.29) is 0 Å². The van der Waals surface area contributed by atoms with Crippen LogP contribution in [0.2, 0.25) is 0 Å². The zero-order valence-electron chi connectivity index (χ0n) is 11.5. The quantitative estimate of drug-likeness (QED) is 0.839. The second kappa shape index (κ2) is 6.74. The Bertz CT molecular complexity index is 359. The molecule has 0 aromatic carbocycles. The Morgan fingerprint density at radius 2 is 2.17 bits per heavy atom. The van der Waals surface area contributed by atoms with Crippen molar-refractivity contribution in [2.45, 2.75) is 52.2 Å². The number of rotatable bonds is 6. The average molecular weight is 248 g/mol. The fourth-order valence-electron chi connectivity index (χ4n) is 2.32. The van der Waals surface area contributed by atoms with Crippen molar-refractivity contribution in [2.24, 2.45) is 5.92 Å². The Balaban J connectivity index is 1.91. The van der Waals surface area contributed by atoms with E-state index in [0.29, 0.717) is 12.0 Å². The predicted molar refractivity (Wildman–Crippen MR) is 73.7 cm³/mol. The molecule has 2 rings (SSSR count). The maximum absolute atomic E-state index is 6.01. The highest BCUT2D eigenvalue weighted by atomic mass is 16.5. The lowest BCUT2D eigenvalue weighted by Gasteiger charge is -2.15. The molecule has 18 heavy (non-hydrogen) atoms. The number of pyridine rings is 1. The third kappa shape index (κ3) is 3.98. The molecule has 0 radical (unpaired) electrons. The van der Waals surface area contributed by atoms with Crippen molar-refractivity contribution in [1.82, 2.24) is 10.3 Å². The molecule has 1 fully saturated rings. The van der Waals surface area contributed by atoms with E-state index >= 15 is 0 Å². The summed E-state index contributed by atoms with van der Waals surface area (Å²) in [5, 5.41) is 3.45. The van der Waals surface area contributed by atoms with Crippen molar-refractivity contribution in [1.29, 1.82) is 0 Å². The molecule has 0 bridgehead atoms. The summed E-state index contributed by atoms with van der Waals surface area (Å²) in [7, 11) is 0. The lowest BCUT2D eigenvalue weighted by atomic mass is 10.2. The lowest BCUT2D eigenvalue weighted by Crippen LogP contribution is -2.20. The van der Waals surface area contributed by atoms with E-state index in [1.165, 1.54) is 31.2 Å². The first-order valence-corrected chi connectivity index (χ1v) is 7.07. The molecular formula is C15H24N2O. The molecule has 0 amide bonds. The molecule has 3 heteroatoms. The summed E-state index contributed by atoms with van der Waals surface area (Å²) < 4.78 is 6.01. The molecule has 0 aliphatic heterocycles. The smallest absolute Gasteiger partial charge is 0.218 e. The van der Waals surface area contributed by atoms with Crippen LogP contribution in [0.4, 0.5) is 0 Å². The molecule has 3 nitrogen and oxygen atoms in total. The number of nitrogens with zero attached hydrogens (tertiary/aromatic N) is 1. The number of nitrogens with one attached hydrogen (secondary N) is 1. The summed E-state index contributed by atoms with van der Waals surface area (Å²) in [4.78, 5) is 4.38. The molecule has 0 saturated heterocycles. The van der Waals surface area contributed by atoms with Gasteiger partial charge in [-0.05, 0) is 44.2 Å². The number of hydrogen-bond donors (Lipinski definition) is 1. The van der Waals surface area contributed by atoms with Crippen molar-refractivity contribution >= 4 is 0 Å². The van der Waals surface area contributed by atoms with Gasteiger partial charge < -0.3 is 10.1 Å². The fourth-order valence-corrected chi connectivity index (χ4v) is 2.32. The Kier molecular flexibility index (Phi) is 5.00. The van der Waals surface area contributed by atoms with Crippen LogP contribution < -0.4 is 10.1 Å². The van der Waals surface area contributed by atoms with Crippen LogP contribution in [0.5, 0.6) is 5.88 Å². The van der Waals surface area contributed by atoms with Gasteiger partial charge in [-0.25, -0.2) is 4.98 Å². The summed E-state index contributed by atoms with van der Waals surface area (Å²) in [6.07, 6.45) is 7.13. The van der Waals surface area contributed by atoms with E-state index in [9.17, 15) is 0 Å². The third-order valence-corrected chi connectivity index (χ3v) is 3.30. The van der Waals surface area contributed by atoms with E-state index in [4.69, 9.17) is 4.74 Å². The Morgan fingerprint density at radius 1 is 1.39 bits per heavy atom. The van der Waals surface area contributed by atoms with Gasteiger partial charge in [-0.1, -0.05) is 19.9 Å². The van der Waals surface area contributed by atoms with E-state index in [1.807, 2.05) is 12.3 Å². The topological polar surface area (TPSA) is 34.2 Å². The maximum atomic E-state index is 6.01. The van der Waals surface area contributed by atoms with Crippen LogP contribution in [0, 0.1) is 5.92 Å². The Hall–Kier alpha value is -1.09. The minimum absolute atomic E-state index is 0.378. The number of aromatic nitrogens is 1. The normalized spacial score (nSPS) is 16.4. The van der Waals surface area contributed by atoms with Crippen LogP contribution in [0.1, 0.15) is 45.1 Å². The SMILES string of the molecule is CC(C)CNCc1cccnc1OC1CCCC1. The van der Waals surface area contributed by atoms with Gasteiger partial charge in [0.25, 0.3) is 0 Å². The zero-order valence-corrected chi connectivity index (χ0v) is 11.5. The zero-order chi connectivity index (χ0) is 12.8. The van der Waals surface area contributed by atoms with Gasteiger partial charge in [0.2, 0.25) is 5.88 Å². The third-order valence-electron chi connectivity index (χ3n) is 3.30.